The summed E-state index contributed by atoms with van der Waals surface area (Å²) in [6, 6.07) is -1.83. The minimum Gasteiger partial charge on any atom is -0.480 e. The SMILES string of the molecule is NC(CCO)C(=O)O.N[C@@H](CCO)C(=O)O. The van der Waals surface area contributed by atoms with Gasteiger partial charge in [-0.15, -0.1) is 0 Å². The number of carboxylic acid groups (broad SMARTS) is 2. The number of hydrogen-bond donors (Lipinski definition) is 6. The fourth-order valence-corrected chi connectivity index (χ4v) is 0.525. The van der Waals surface area contributed by atoms with E-state index in [1.54, 1.807) is 0 Å². The highest BCUT2D eigenvalue weighted by atomic mass is 16.4. The van der Waals surface area contributed by atoms with Crippen LogP contribution in [0.3, 0.4) is 0 Å². The van der Waals surface area contributed by atoms with Crippen LogP contribution < -0.4 is 11.5 Å². The summed E-state index contributed by atoms with van der Waals surface area (Å²) in [4.78, 5) is 19.7. The molecule has 0 bridgehead atoms. The first-order valence-corrected chi connectivity index (χ1v) is 4.55. The summed E-state index contributed by atoms with van der Waals surface area (Å²) in [5.41, 5.74) is 9.93. The molecule has 2 atom stereocenters. The molecule has 0 saturated heterocycles. The van der Waals surface area contributed by atoms with Gasteiger partial charge in [-0.05, 0) is 12.8 Å². The molecule has 0 aromatic carbocycles. The molecule has 96 valence electrons. The Morgan fingerprint density at radius 1 is 0.875 bits per heavy atom. The lowest BCUT2D eigenvalue weighted by molar-refractivity contribution is -0.139. The third-order valence-electron chi connectivity index (χ3n) is 1.51. The Balaban J connectivity index is 0. The molecule has 0 rings (SSSR count). The van der Waals surface area contributed by atoms with E-state index in [2.05, 4.69) is 0 Å². The number of hydrogen-bond acceptors (Lipinski definition) is 6. The molecule has 0 heterocycles. The Morgan fingerprint density at radius 3 is 1.19 bits per heavy atom. The van der Waals surface area contributed by atoms with Gasteiger partial charge in [-0.25, -0.2) is 0 Å². The fraction of sp³-hybridized carbons (Fsp3) is 0.750. The molecular formula is C8H18N2O6. The van der Waals surface area contributed by atoms with Crippen LogP contribution in [0.15, 0.2) is 0 Å². The highest BCUT2D eigenvalue weighted by molar-refractivity contribution is 5.73. The number of carboxylic acids is 2. The van der Waals surface area contributed by atoms with Crippen LogP contribution in [0.5, 0.6) is 0 Å². The predicted molar refractivity (Wildman–Crippen MR) is 54.6 cm³/mol. The Morgan fingerprint density at radius 2 is 1.12 bits per heavy atom. The topological polar surface area (TPSA) is 167 Å². The molecule has 0 amide bonds. The first-order valence-electron chi connectivity index (χ1n) is 4.55. The lowest BCUT2D eigenvalue weighted by Gasteiger charge is -2.00. The summed E-state index contributed by atoms with van der Waals surface area (Å²) >= 11 is 0. The Bertz CT molecular complexity index is 189. The third-order valence-corrected chi connectivity index (χ3v) is 1.51. The molecule has 8 N–H and O–H groups in total. The van der Waals surface area contributed by atoms with Crippen molar-refractivity contribution in [2.45, 2.75) is 24.9 Å². The van der Waals surface area contributed by atoms with Crippen LogP contribution in [0.4, 0.5) is 0 Å². The Hall–Kier alpha value is -1.22. The van der Waals surface area contributed by atoms with E-state index in [1.165, 1.54) is 0 Å². The number of aliphatic hydroxyl groups is 2. The largest absolute Gasteiger partial charge is 0.480 e. The number of aliphatic hydroxyl groups excluding tert-OH is 2. The molecule has 16 heavy (non-hydrogen) atoms. The van der Waals surface area contributed by atoms with Gasteiger partial charge < -0.3 is 31.9 Å². The Labute approximate surface area is 92.5 Å². The molecule has 0 aromatic rings. The van der Waals surface area contributed by atoms with E-state index in [0.29, 0.717) is 0 Å². The van der Waals surface area contributed by atoms with E-state index in [4.69, 9.17) is 31.9 Å². The van der Waals surface area contributed by atoms with E-state index in [1.807, 2.05) is 0 Å². The van der Waals surface area contributed by atoms with Crippen LogP contribution in [0.2, 0.25) is 0 Å². The number of rotatable bonds is 6. The normalized spacial score (nSPS) is 13.2. The molecular weight excluding hydrogens is 220 g/mol. The van der Waals surface area contributed by atoms with Crippen molar-refractivity contribution in [2.75, 3.05) is 13.2 Å². The average Bonchev–Trinajstić information content (AvgIpc) is 2.19. The van der Waals surface area contributed by atoms with Crippen molar-refractivity contribution in [3.8, 4) is 0 Å². The maximum atomic E-state index is 9.85. The molecule has 0 fully saturated rings. The maximum absolute atomic E-state index is 9.85. The van der Waals surface area contributed by atoms with Crippen molar-refractivity contribution in [3.63, 3.8) is 0 Å². The van der Waals surface area contributed by atoms with Gasteiger partial charge in [0.25, 0.3) is 0 Å². The van der Waals surface area contributed by atoms with Gasteiger partial charge >= 0.3 is 11.9 Å². The van der Waals surface area contributed by atoms with Gasteiger partial charge in [-0.3, -0.25) is 9.59 Å². The van der Waals surface area contributed by atoms with Gasteiger partial charge in [-0.2, -0.15) is 0 Å². The van der Waals surface area contributed by atoms with Gasteiger partial charge in [0.15, 0.2) is 0 Å². The third kappa shape index (κ3) is 10.9. The number of aliphatic carboxylic acids is 2. The number of carbonyl (C=O) groups is 2. The molecule has 0 aliphatic rings. The smallest absolute Gasteiger partial charge is 0.320 e. The van der Waals surface area contributed by atoms with Crippen molar-refractivity contribution in [1.82, 2.24) is 0 Å². The van der Waals surface area contributed by atoms with Crippen LogP contribution in [0, 0.1) is 0 Å². The minimum absolute atomic E-state index is 0.120. The quantitative estimate of drug-likeness (QED) is 0.296. The molecule has 0 aromatic heterocycles. The average molecular weight is 238 g/mol. The molecule has 0 aliphatic carbocycles. The van der Waals surface area contributed by atoms with Gasteiger partial charge in [0.05, 0.1) is 0 Å². The number of nitrogens with two attached hydrogens (primary N) is 2. The van der Waals surface area contributed by atoms with E-state index < -0.39 is 24.0 Å². The first-order chi connectivity index (χ1) is 7.36. The van der Waals surface area contributed by atoms with E-state index in [-0.39, 0.29) is 26.1 Å². The molecule has 0 aliphatic heterocycles. The fourth-order valence-electron chi connectivity index (χ4n) is 0.525. The second-order valence-corrected chi connectivity index (χ2v) is 2.91. The van der Waals surface area contributed by atoms with Gasteiger partial charge in [0, 0.05) is 13.2 Å². The van der Waals surface area contributed by atoms with Crippen molar-refractivity contribution >= 4 is 11.9 Å². The van der Waals surface area contributed by atoms with Gasteiger partial charge in [0.1, 0.15) is 12.1 Å². The van der Waals surface area contributed by atoms with Crippen LogP contribution in [-0.4, -0.2) is 57.7 Å². The molecule has 0 saturated carbocycles. The van der Waals surface area contributed by atoms with Crippen molar-refractivity contribution in [1.29, 1.82) is 0 Å². The van der Waals surface area contributed by atoms with Crippen LogP contribution >= 0.6 is 0 Å². The summed E-state index contributed by atoms with van der Waals surface area (Å²) in [5.74, 6) is -2.14. The van der Waals surface area contributed by atoms with E-state index in [0.717, 1.165) is 0 Å². The van der Waals surface area contributed by atoms with E-state index >= 15 is 0 Å². The lowest BCUT2D eigenvalue weighted by atomic mass is 10.2. The molecule has 8 nitrogen and oxygen atoms in total. The van der Waals surface area contributed by atoms with Gasteiger partial charge in [0.2, 0.25) is 0 Å². The zero-order valence-corrected chi connectivity index (χ0v) is 8.74. The van der Waals surface area contributed by atoms with Crippen LogP contribution in [0.1, 0.15) is 12.8 Å². The van der Waals surface area contributed by atoms with Gasteiger partial charge in [-0.1, -0.05) is 0 Å². The monoisotopic (exact) mass is 238 g/mol. The van der Waals surface area contributed by atoms with Crippen molar-refractivity contribution in [2.24, 2.45) is 11.5 Å². The summed E-state index contributed by atoms with van der Waals surface area (Å²) in [5, 5.41) is 32.4. The van der Waals surface area contributed by atoms with E-state index in [9.17, 15) is 9.59 Å². The summed E-state index contributed by atoms with van der Waals surface area (Å²) in [6.45, 7) is -0.346. The first kappa shape index (κ1) is 17.2. The summed E-state index contributed by atoms with van der Waals surface area (Å²) in [6.07, 6.45) is 0.241. The second kappa shape index (κ2) is 10.3. The standard InChI is InChI=1S/2C4H9NO3/c2*5-3(1-2-6)4(7)8/h2*3,6H,1-2,5H2,(H,7,8)/t3-;/m0./s1. The minimum atomic E-state index is -1.07. The lowest BCUT2D eigenvalue weighted by Crippen LogP contribution is -2.30. The Kier molecular flexibility index (Phi) is 11.1. The summed E-state index contributed by atoms with van der Waals surface area (Å²) < 4.78 is 0. The molecule has 8 heteroatoms. The van der Waals surface area contributed by atoms with Crippen LogP contribution in [-0.2, 0) is 9.59 Å². The summed E-state index contributed by atoms with van der Waals surface area (Å²) in [7, 11) is 0. The maximum Gasteiger partial charge on any atom is 0.320 e. The highest BCUT2D eigenvalue weighted by Gasteiger charge is 2.09. The predicted octanol–water partition coefficient (Wildman–Crippen LogP) is -2.44. The molecule has 0 radical (unpaired) electrons. The van der Waals surface area contributed by atoms with Crippen molar-refractivity contribution < 1.29 is 30.0 Å². The molecule has 1 unspecified atom stereocenters. The van der Waals surface area contributed by atoms with Crippen LogP contribution in [0.25, 0.3) is 0 Å². The highest BCUT2D eigenvalue weighted by Crippen LogP contribution is 1.84. The molecule has 0 spiro atoms. The second-order valence-electron chi connectivity index (χ2n) is 2.91. The van der Waals surface area contributed by atoms with Crippen molar-refractivity contribution in [3.05, 3.63) is 0 Å². The zero-order chi connectivity index (χ0) is 13.1. The zero-order valence-electron chi connectivity index (χ0n) is 8.74.